The topological polar surface area (TPSA) is 23.6 Å². The summed E-state index contributed by atoms with van der Waals surface area (Å²) in [6, 6.07) is 7.19. The molecular weight excluding hydrogens is 271 g/mol. The van der Waals surface area contributed by atoms with Crippen molar-refractivity contribution in [1.82, 2.24) is 9.80 Å². The Labute approximate surface area is 117 Å². The van der Waals surface area contributed by atoms with Crippen LogP contribution in [0.15, 0.2) is 24.3 Å². The maximum absolute atomic E-state index is 12.3. The molecule has 0 N–H and O–H groups in total. The van der Waals surface area contributed by atoms with Crippen molar-refractivity contribution in [2.24, 2.45) is 0 Å². The number of carbonyl (C=O) groups excluding carboxylic acids is 1. The number of hydrogen-bond acceptors (Lipinski definition) is 2. The van der Waals surface area contributed by atoms with E-state index in [0.717, 1.165) is 32.7 Å². The molecule has 1 aromatic rings. The maximum Gasteiger partial charge on any atom is 0.255 e. The average Bonchev–Trinajstić information content (AvgIpc) is 2.40. The third-order valence-corrected chi connectivity index (χ3v) is 3.66. The Morgan fingerprint density at radius 1 is 1.17 bits per heavy atom. The van der Waals surface area contributed by atoms with Crippen molar-refractivity contribution in [2.75, 3.05) is 38.6 Å². The zero-order chi connectivity index (χ0) is 13.0. The molecule has 3 nitrogen and oxygen atoms in total. The quantitative estimate of drug-likeness (QED) is 0.797. The maximum atomic E-state index is 12.3. The number of hydrogen-bond donors (Lipinski definition) is 0. The van der Waals surface area contributed by atoms with E-state index in [4.69, 9.17) is 23.2 Å². The van der Waals surface area contributed by atoms with Gasteiger partial charge in [-0.1, -0.05) is 23.7 Å². The van der Waals surface area contributed by atoms with Gasteiger partial charge in [0.1, 0.15) is 0 Å². The Morgan fingerprint density at radius 2 is 1.83 bits per heavy atom. The van der Waals surface area contributed by atoms with Gasteiger partial charge in [0, 0.05) is 38.6 Å². The van der Waals surface area contributed by atoms with Crippen LogP contribution in [0.4, 0.5) is 0 Å². The minimum Gasteiger partial charge on any atom is -0.336 e. The summed E-state index contributed by atoms with van der Waals surface area (Å²) in [6.07, 6.45) is 0. The van der Waals surface area contributed by atoms with Crippen LogP contribution >= 0.6 is 23.2 Å². The van der Waals surface area contributed by atoms with E-state index in [1.54, 1.807) is 12.1 Å². The normalized spacial score (nSPS) is 16.9. The van der Waals surface area contributed by atoms with Crippen molar-refractivity contribution < 1.29 is 4.79 Å². The van der Waals surface area contributed by atoms with E-state index in [1.165, 1.54) is 0 Å². The largest absolute Gasteiger partial charge is 0.336 e. The van der Waals surface area contributed by atoms with E-state index in [2.05, 4.69) is 4.90 Å². The highest BCUT2D eigenvalue weighted by Gasteiger charge is 2.22. The van der Waals surface area contributed by atoms with E-state index in [1.807, 2.05) is 17.0 Å². The van der Waals surface area contributed by atoms with Crippen LogP contribution in [0.3, 0.4) is 0 Å². The predicted octanol–water partition coefficient (Wildman–Crippen LogP) is 2.34. The molecule has 98 valence electrons. The second-order valence-corrected chi connectivity index (χ2v) is 5.09. The first-order chi connectivity index (χ1) is 8.72. The van der Waals surface area contributed by atoms with Crippen molar-refractivity contribution in [1.29, 1.82) is 0 Å². The summed E-state index contributed by atoms with van der Waals surface area (Å²) in [5.74, 6) is 0.657. The smallest absolute Gasteiger partial charge is 0.255 e. The van der Waals surface area contributed by atoms with E-state index in [0.29, 0.717) is 16.5 Å². The van der Waals surface area contributed by atoms with Gasteiger partial charge in [-0.05, 0) is 12.1 Å². The van der Waals surface area contributed by atoms with Gasteiger partial charge in [0.15, 0.2) is 0 Å². The molecule has 1 aliphatic rings. The highest BCUT2D eigenvalue weighted by molar-refractivity contribution is 6.33. The summed E-state index contributed by atoms with van der Waals surface area (Å²) in [6.45, 7) is 4.11. The number of rotatable bonds is 3. The summed E-state index contributed by atoms with van der Waals surface area (Å²) >= 11 is 11.8. The second-order valence-electron chi connectivity index (χ2n) is 4.30. The zero-order valence-electron chi connectivity index (χ0n) is 10.1. The Balaban J connectivity index is 1.98. The molecule has 0 aliphatic carbocycles. The number of carbonyl (C=O) groups is 1. The summed E-state index contributed by atoms with van der Waals surface area (Å²) in [5, 5.41) is 0.519. The van der Waals surface area contributed by atoms with Gasteiger partial charge in [0.2, 0.25) is 0 Å². The molecule has 18 heavy (non-hydrogen) atoms. The molecular formula is C13H16Cl2N2O. The molecule has 1 saturated heterocycles. The van der Waals surface area contributed by atoms with Gasteiger partial charge in [0.05, 0.1) is 10.6 Å². The molecule has 1 fully saturated rings. The summed E-state index contributed by atoms with van der Waals surface area (Å²) in [5.41, 5.74) is 0.588. The first-order valence-corrected chi connectivity index (χ1v) is 6.95. The van der Waals surface area contributed by atoms with Gasteiger partial charge in [-0.25, -0.2) is 0 Å². The predicted molar refractivity (Wildman–Crippen MR) is 74.5 cm³/mol. The number of piperazine rings is 1. The molecule has 0 spiro atoms. The number of halogens is 2. The van der Waals surface area contributed by atoms with E-state index < -0.39 is 0 Å². The van der Waals surface area contributed by atoms with Crippen molar-refractivity contribution in [3.8, 4) is 0 Å². The third kappa shape index (κ3) is 3.16. The fourth-order valence-corrected chi connectivity index (χ4v) is 2.55. The molecule has 0 atom stereocenters. The molecule has 0 bridgehead atoms. The highest BCUT2D eigenvalue weighted by Crippen LogP contribution is 2.18. The van der Waals surface area contributed by atoms with Crippen LogP contribution < -0.4 is 0 Å². The summed E-state index contributed by atoms with van der Waals surface area (Å²) < 4.78 is 0. The number of alkyl halides is 1. The van der Waals surface area contributed by atoms with E-state index in [9.17, 15) is 4.79 Å². The van der Waals surface area contributed by atoms with Gasteiger partial charge in [-0.2, -0.15) is 0 Å². The van der Waals surface area contributed by atoms with Crippen LogP contribution in [-0.4, -0.2) is 54.3 Å². The second kappa shape index (κ2) is 6.41. The first-order valence-electron chi connectivity index (χ1n) is 6.04. The minimum atomic E-state index is 0.0196. The highest BCUT2D eigenvalue weighted by atomic mass is 35.5. The Morgan fingerprint density at radius 3 is 2.44 bits per heavy atom. The average molecular weight is 287 g/mol. The molecule has 0 saturated carbocycles. The fraction of sp³-hybridized carbons (Fsp3) is 0.462. The van der Waals surface area contributed by atoms with E-state index in [-0.39, 0.29) is 5.91 Å². The third-order valence-electron chi connectivity index (χ3n) is 3.16. The van der Waals surface area contributed by atoms with Gasteiger partial charge in [-0.3, -0.25) is 9.69 Å². The Hall–Kier alpha value is -0.770. The van der Waals surface area contributed by atoms with Crippen LogP contribution in [0.25, 0.3) is 0 Å². The Kier molecular flexibility index (Phi) is 4.87. The van der Waals surface area contributed by atoms with Crippen LogP contribution in [0.1, 0.15) is 10.4 Å². The molecule has 1 aromatic carbocycles. The summed E-state index contributed by atoms with van der Waals surface area (Å²) in [4.78, 5) is 16.4. The molecule has 0 aromatic heterocycles. The van der Waals surface area contributed by atoms with Crippen LogP contribution in [-0.2, 0) is 0 Å². The molecule has 0 radical (unpaired) electrons. The van der Waals surface area contributed by atoms with Gasteiger partial charge in [-0.15, -0.1) is 11.6 Å². The van der Waals surface area contributed by atoms with Crippen molar-refractivity contribution in [3.63, 3.8) is 0 Å². The molecule has 5 heteroatoms. The molecule has 1 aliphatic heterocycles. The molecule has 1 heterocycles. The van der Waals surface area contributed by atoms with Crippen molar-refractivity contribution in [2.45, 2.75) is 0 Å². The number of nitrogens with zero attached hydrogens (tertiary/aromatic N) is 2. The SMILES string of the molecule is O=C(c1ccccc1Cl)N1CCN(CCCl)CC1. The lowest BCUT2D eigenvalue weighted by atomic mass is 10.2. The number of amides is 1. The van der Waals surface area contributed by atoms with Gasteiger partial charge in [0.25, 0.3) is 5.91 Å². The molecule has 1 amide bonds. The Bertz CT molecular complexity index is 417. The van der Waals surface area contributed by atoms with Crippen LogP contribution in [0, 0.1) is 0 Å². The van der Waals surface area contributed by atoms with Crippen LogP contribution in [0.5, 0.6) is 0 Å². The van der Waals surface area contributed by atoms with Crippen LogP contribution in [0.2, 0.25) is 5.02 Å². The van der Waals surface area contributed by atoms with Crippen molar-refractivity contribution in [3.05, 3.63) is 34.9 Å². The molecule has 0 unspecified atom stereocenters. The lowest BCUT2D eigenvalue weighted by molar-refractivity contribution is 0.0644. The fourth-order valence-electron chi connectivity index (χ4n) is 2.10. The zero-order valence-corrected chi connectivity index (χ0v) is 11.6. The van der Waals surface area contributed by atoms with E-state index >= 15 is 0 Å². The number of benzene rings is 1. The molecule has 2 rings (SSSR count). The van der Waals surface area contributed by atoms with Crippen molar-refractivity contribution >= 4 is 29.1 Å². The summed E-state index contributed by atoms with van der Waals surface area (Å²) in [7, 11) is 0. The lowest BCUT2D eigenvalue weighted by Gasteiger charge is -2.34. The van der Waals surface area contributed by atoms with Gasteiger partial charge >= 0.3 is 0 Å². The monoisotopic (exact) mass is 286 g/mol. The minimum absolute atomic E-state index is 0.0196. The lowest BCUT2D eigenvalue weighted by Crippen LogP contribution is -2.49. The first kappa shape index (κ1) is 13.7. The van der Waals surface area contributed by atoms with Gasteiger partial charge < -0.3 is 4.90 Å². The standard InChI is InChI=1S/C13H16Cl2N2O/c14-5-6-16-7-9-17(10-8-16)13(18)11-3-1-2-4-12(11)15/h1-4H,5-10H2.